The molecular formula is C17H22ClN5O2. The van der Waals surface area contributed by atoms with E-state index in [4.69, 9.17) is 16.3 Å². The molecule has 0 spiro atoms. The molecule has 0 fully saturated rings. The summed E-state index contributed by atoms with van der Waals surface area (Å²) in [5, 5.41) is 6.39. The zero-order chi connectivity index (χ0) is 18.2. The van der Waals surface area contributed by atoms with E-state index in [0.717, 1.165) is 18.7 Å². The van der Waals surface area contributed by atoms with Crippen LogP contribution in [0.3, 0.4) is 0 Å². The van der Waals surface area contributed by atoms with Crippen LogP contribution in [0.1, 0.15) is 16.9 Å². The lowest BCUT2D eigenvalue weighted by Gasteiger charge is -2.10. The Kier molecular flexibility index (Phi) is 6.97. The fourth-order valence-corrected chi connectivity index (χ4v) is 2.35. The molecule has 2 aromatic rings. The van der Waals surface area contributed by atoms with Crippen LogP contribution in [-0.4, -0.2) is 55.1 Å². The minimum absolute atomic E-state index is 0.231. The molecule has 0 saturated heterocycles. The molecular weight excluding hydrogens is 342 g/mol. The first-order chi connectivity index (χ1) is 12.0. The lowest BCUT2D eigenvalue weighted by atomic mass is 10.3. The number of carbonyl (C=O) groups excluding carboxylic acids is 1. The molecule has 1 aromatic carbocycles. The first kappa shape index (κ1) is 19.0. The maximum absolute atomic E-state index is 12.0. The third-order valence-corrected chi connectivity index (χ3v) is 3.67. The number of carbonyl (C=O) groups is 1. The molecule has 1 heterocycles. The van der Waals surface area contributed by atoms with Crippen LogP contribution in [0.25, 0.3) is 0 Å². The van der Waals surface area contributed by atoms with Gasteiger partial charge in [-0.3, -0.25) is 4.79 Å². The molecule has 7 nitrogen and oxygen atoms in total. The monoisotopic (exact) mass is 363 g/mol. The summed E-state index contributed by atoms with van der Waals surface area (Å²) in [6, 6.07) is 5.30. The summed E-state index contributed by atoms with van der Waals surface area (Å²) >= 11 is 6.09. The molecule has 0 aliphatic heterocycles. The SMILES string of the molecule is COc1ccc(Nc2cnc(C(=O)NCCCN(C)C)cn2)cc1Cl. The zero-order valence-corrected chi connectivity index (χ0v) is 15.3. The molecule has 0 bridgehead atoms. The van der Waals surface area contributed by atoms with Crippen molar-refractivity contribution < 1.29 is 9.53 Å². The number of anilines is 2. The summed E-state index contributed by atoms with van der Waals surface area (Å²) in [6.45, 7) is 1.52. The maximum atomic E-state index is 12.0. The van der Waals surface area contributed by atoms with Crippen molar-refractivity contribution in [3.8, 4) is 5.75 Å². The summed E-state index contributed by atoms with van der Waals surface area (Å²) in [5.74, 6) is 0.885. The summed E-state index contributed by atoms with van der Waals surface area (Å²) < 4.78 is 5.11. The molecule has 1 amide bonds. The normalized spacial score (nSPS) is 10.6. The van der Waals surface area contributed by atoms with Gasteiger partial charge in [0.25, 0.3) is 5.91 Å². The summed E-state index contributed by atoms with van der Waals surface area (Å²) in [4.78, 5) is 22.4. The van der Waals surface area contributed by atoms with Gasteiger partial charge in [0, 0.05) is 12.2 Å². The van der Waals surface area contributed by atoms with E-state index < -0.39 is 0 Å². The third kappa shape index (κ3) is 5.88. The van der Waals surface area contributed by atoms with Gasteiger partial charge in [-0.2, -0.15) is 0 Å². The van der Waals surface area contributed by atoms with E-state index in [2.05, 4.69) is 25.5 Å². The second kappa shape index (κ2) is 9.19. The van der Waals surface area contributed by atoms with E-state index in [1.165, 1.54) is 12.4 Å². The highest BCUT2D eigenvalue weighted by molar-refractivity contribution is 6.32. The van der Waals surface area contributed by atoms with Gasteiger partial charge >= 0.3 is 0 Å². The van der Waals surface area contributed by atoms with Gasteiger partial charge in [-0.15, -0.1) is 0 Å². The Morgan fingerprint density at radius 1 is 1.28 bits per heavy atom. The highest BCUT2D eigenvalue weighted by Gasteiger charge is 2.08. The second-order valence-electron chi connectivity index (χ2n) is 5.67. The number of aromatic nitrogens is 2. The van der Waals surface area contributed by atoms with Gasteiger partial charge in [-0.1, -0.05) is 11.6 Å². The topological polar surface area (TPSA) is 79.4 Å². The smallest absolute Gasteiger partial charge is 0.271 e. The number of halogens is 1. The van der Waals surface area contributed by atoms with Gasteiger partial charge in [0.1, 0.15) is 17.3 Å². The zero-order valence-electron chi connectivity index (χ0n) is 14.5. The lowest BCUT2D eigenvalue weighted by molar-refractivity contribution is 0.0947. The average molecular weight is 364 g/mol. The second-order valence-corrected chi connectivity index (χ2v) is 6.08. The van der Waals surface area contributed by atoms with Gasteiger partial charge < -0.3 is 20.3 Å². The standard InChI is InChI=1S/C17H22ClN5O2/c1-23(2)8-4-7-19-17(24)14-10-21-16(11-20-14)22-12-5-6-15(25-3)13(18)9-12/h5-6,9-11H,4,7-8H2,1-3H3,(H,19,24)(H,21,22). The van der Waals surface area contributed by atoms with Crippen molar-refractivity contribution in [2.45, 2.75) is 6.42 Å². The van der Waals surface area contributed by atoms with Gasteiger partial charge in [-0.25, -0.2) is 9.97 Å². The molecule has 0 unspecified atom stereocenters. The van der Waals surface area contributed by atoms with Crippen LogP contribution in [-0.2, 0) is 0 Å². The Morgan fingerprint density at radius 2 is 2.08 bits per heavy atom. The molecule has 0 saturated carbocycles. The van der Waals surface area contributed by atoms with Gasteiger partial charge in [-0.05, 0) is 45.3 Å². The Bertz CT molecular complexity index is 707. The molecule has 2 N–H and O–H groups in total. The number of amides is 1. The fourth-order valence-electron chi connectivity index (χ4n) is 2.09. The molecule has 0 radical (unpaired) electrons. The van der Waals surface area contributed by atoms with Crippen LogP contribution in [0.5, 0.6) is 5.75 Å². The van der Waals surface area contributed by atoms with Crippen molar-refractivity contribution in [2.75, 3.05) is 39.6 Å². The molecule has 0 atom stereocenters. The van der Waals surface area contributed by atoms with Gasteiger partial charge in [0.2, 0.25) is 0 Å². The van der Waals surface area contributed by atoms with Crippen LogP contribution in [0, 0.1) is 0 Å². The number of ether oxygens (including phenoxy) is 1. The molecule has 134 valence electrons. The number of hydrogen-bond acceptors (Lipinski definition) is 6. The van der Waals surface area contributed by atoms with E-state index in [1.807, 2.05) is 20.2 Å². The Balaban J connectivity index is 1.91. The number of nitrogens with zero attached hydrogens (tertiary/aromatic N) is 3. The van der Waals surface area contributed by atoms with Crippen molar-refractivity contribution in [1.82, 2.24) is 20.2 Å². The minimum atomic E-state index is -0.231. The number of methoxy groups -OCH3 is 1. The van der Waals surface area contributed by atoms with Crippen molar-refractivity contribution in [1.29, 1.82) is 0 Å². The van der Waals surface area contributed by atoms with E-state index >= 15 is 0 Å². The van der Waals surface area contributed by atoms with E-state index in [0.29, 0.717) is 23.1 Å². The fraction of sp³-hybridized carbons (Fsp3) is 0.353. The van der Waals surface area contributed by atoms with Crippen molar-refractivity contribution in [2.24, 2.45) is 0 Å². The van der Waals surface area contributed by atoms with Crippen LogP contribution in [0.15, 0.2) is 30.6 Å². The summed E-state index contributed by atoms with van der Waals surface area (Å²) in [6.07, 6.45) is 3.83. The molecule has 1 aromatic heterocycles. The van der Waals surface area contributed by atoms with Crippen molar-refractivity contribution >= 4 is 29.0 Å². The largest absolute Gasteiger partial charge is 0.495 e. The van der Waals surface area contributed by atoms with Gasteiger partial charge in [0.05, 0.1) is 24.5 Å². The Hall–Kier alpha value is -2.38. The van der Waals surface area contributed by atoms with Gasteiger partial charge in [0.15, 0.2) is 0 Å². The summed E-state index contributed by atoms with van der Waals surface area (Å²) in [7, 11) is 5.55. The predicted octanol–water partition coefficient (Wildman–Crippen LogP) is 2.56. The first-order valence-corrected chi connectivity index (χ1v) is 8.23. The number of benzene rings is 1. The molecule has 8 heteroatoms. The quantitative estimate of drug-likeness (QED) is 0.702. The van der Waals surface area contributed by atoms with Crippen LogP contribution >= 0.6 is 11.6 Å². The molecule has 0 aliphatic carbocycles. The van der Waals surface area contributed by atoms with E-state index in [9.17, 15) is 4.79 Å². The molecule has 0 aliphatic rings. The number of nitrogens with one attached hydrogen (secondary N) is 2. The lowest BCUT2D eigenvalue weighted by Crippen LogP contribution is -2.27. The molecule has 2 rings (SSSR count). The van der Waals surface area contributed by atoms with Crippen molar-refractivity contribution in [3.63, 3.8) is 0 Å². The first-order valence-electron chi connectivity index (χ1n) is 7.85. The minimum Gasteiger partial charge on any atom is -0.495 e. The Morgan fingerprint density at radius 3 is 2.68 bits per heavy atom. The van der Waals surface area contributed by atoms with Crippen LogP contribution in [0.4, 0.5) is 11.5 Å². The summed E-state index contributed by atoms with van der Waals surface area (Å²) in [5.41, 5.74) is 1.03. The van der Waals surface area contributed by atoms with Crippen molar-refractivity contribution in [3.05, 3.63) is 41.3 Å². The number of hydrogen-bond donors (Lipinski definition) is 2. The van der Waals surface area contributed by atoms with E-state index in [-0.39, 0.29) is 11.6 Å². The van der Waals surface area contributed by atoms with Crippen LogP contribution < -0.4 is 15.4 Å². The van der Waals surface area contributed by atoms with Crippen LogP contribution in [0.2, 0.25) is 5.02 Å². The van der Waals surface area contributed by atoms with E-state index in [1.54, 1.807) is 19.2 Å². The highest BCUT2D eigenvalue weighted by atomic mass is 35.5. The Labute approximate surface area is 152 Å². The average Bonchev–Trinajstić information content (AvgIpc) is 2.59. The third-order valence-electron chi connectivity index (χ3n) is 3.38. The maximum Gasteiger partial charge on any atom is 0.271 e. The molecule has 25 heavy (non-hydrogen) atoms. The predicted molar refractivity (Wildman–Crippen MR) is 98.8 cm³/mol. The number of rotatable bonds is 8. The highest BCUT2D eigenvalue weighted by Crippen LogP contribution is 2.28.